The Hall–Kier alpha value is -1.20. The van der Waals surface area contributed by atoms with Crippen LogP contribution in [-0.4, -0.2) is 35.6 Å². The third-order valence-electron chi connectivity index (χ3n) is 4.01. The normalized spacial score (nSPS) is 18.9. The van der Waals surface area contributed by atoms with E-state index in [2.05, 4.69) is 49.1 Å². The van der Waals surface area contributed by atoms with Crippen LogP contribution in [0.3, 0.4) is 0 Å². The van der Waals surface area contributed by atoms with Crippen LogP contribution < -0.4 is 10.2 Å². The molecule has 0 amide bonds. The molecular formula is C16H21BrN4. The lowest BCUT2D eigenvalue weighted by Crippen LogP contribution is -2.46. The summed E-state index contributed by atoms with van der Waals surface area (Å²) in [6, 6.07) is 4.69. The van der Waals surface area contributed by atoms with Gasteiger partial charge in [-0.2, -0.15) is 0 Å². The van der Waals surface area contributed by atoms with Gasteiger partial charge >= 0.3 is 0 Å². The van der Waals surface area contributed by atoms with Gasteiger partial charge in [-0.3, -0.25) is 9.97 Å². The monoisotopic (exact) mass is 348 g/mol. The maximum absolute atomic E-state index is 4.61. The van der Waals surface area contributed by atoms with Crippen molar-refractivity contribution in [2.45, 2.75) is 32.2 Å². The molecule has 0 aromatic carbocycles. The molecule has 21 heavy (non-hydrogen) atoms. The Balaban J connectivity index is 2.02. The smallest absolute Gasteiger partial charge is 0.112 e. The fourth-order valence-electron chi connectivity index (χ4n) is 3.06. The topological polar surface area (TPSA) is 41.1 Å². The summed E-state index contributed by atoms with van der Waals surface area (Å²) in [6.07, 6.45) is 7.37. The van der Waals surface area contributed by atoms with Crippen molar-refractivity contribution in [1.29, 1.82) is 0 Å². The first-order valence-electron chi connectivity index (χ1n) is 7.67. The Morgan fingerprint density at radius 3 is 3.10 bits per heavy atom. The molecule has 2 aromatic rings. The number of fused-ring (bicyclic) bond motifs is 1. The third kappa shape index (κ3) is 3.19. The zero-order valence-corrected chi connectivity index (χ0v) is 13.9. The van der Waals surface area contributed by atoms with E-state index < -0.39 is 0 Å². The van der Waals surface area contributed by atoms with E-state index in [4.69, 9.17) is 0 Å². The third-order valence-corrected chi connectivity index (χ3v) is 4.44. The first-order chi connectivity index (χ1) is 10.3. The van der Waals surface area contributed by atoms with Crippen molar-refractivity contribution in [3.05, 3.63) is 29.0 Å². The molecule has 1 atom stereocenters. The van der Waals surface area contributed by atoms with Crippen molar-refractivity contribution >= 4 is 32.7 Å². The summed E-state index contributed by atoms with van der Waals surface area (Å²) in [7, 11) is 0. The van der Waals surface area contributed by atoms with E-state index in [0.29, 0.717) is 6.04 Å². The number of piperidine rings is 1. The van der Waals surface area contributed by atoms with Gasteiger partial charge in [0.2, 0.25) is 0 Å². The predicted octanol–water partition coefficient (Wildman–Crippen LogP) is 3.36. The molecule has 3 heterocycles. The molecule has 0 aliphatic carbocycles. The summed E-state index contributed by atoms with van der Waals surface area (Å²) < 4.78 is 0.973. The summed E-state index contributed by atoms with van der Waals surface area (Å²) >= 11 is 3.48. The fourth-order valence-corrected chi connectivity index (χ4v) is 3.38. The number of halogens is 1. The van der Waals surface area contributed by atoms with Gasteiger partial charge in [-0.05, 0) is 53.9 Å². The molecule has 0 spiro atoms. The second-order valence-corrected chi connectivity index (χ2v) is 6.46. The molecule has 0 bridgehead atoms. The number of rotatable bonds is 4. The van der Waals surface area contributed by atoms with Gasteiger partial charge in [-0.25, -0.2) is 0 Å². The summed E-state index contributed by atoms with van der Waals surface area (Å²) in [5.74, 6) is 0. The van der Waals surface area contributed by atoms with Gasteiger partial charge in [0.05, 0.1) is 11.2 Å². The molecule has 0 saturated carbocycles. The van der Waals surface area contributed by atoms with Gasteiger partial charge in [-0.15, -0.1) is 0 Å². The van der Waals surface area contributed by atoms with Crippen LogP contribution >= 0.6 is 15.9 Å². The molecule has 1 saturated heterocycles. The van der Waals surface area contributed by atoms with Crippen molar-refractivity contribution < 1.29 is 0 Å². The Kier molecular flexibility index (Phi) is 4.70. The summed E-state index contributed by atoms with van der Waals surface area (Å²) in [4.78, 5) is 11.6. The lowest BCUT2D eigenvalue weighted by atomic mass is 10.0. The zero-order chi connectivity index (χ0) is 14.7. The first-order valence-corrected chi connectivity index (χ1v) is 8.46. The van der Waals surface area contributed by atoms with Crippen LogP contribution in [0.2, 0.25) is 0 Å². The van der Waals surface area contributed by atoms with E-state index in [1.54, 1.807) is 0 Å². The number of hydrogen-bond acceptors (Lipinski definition) is 4. The van der Waals surface area contributed by atoms with Crippen LogP contribution in [0, 0.1) is 0 Å². The summed E-state index contributed by atoms with van der Waals surface area (Å²) in [5.41, 5.74) is 3.16. The van der Waals surface area contributed by atoms with Gasteiger partial charge < -0.3 is 10.2 Å². The molecule has 4 nitrogen and oxygen atoms in total. The van der Waals surface area contributed by atoms with Gasteiger partial charge in [0, 0.05) is 36.0 Å². The number of aromatic nitrogens is 2. The van der Waals surface area contributed by atoms with E-state index in [1.165, 1.54) is 18.5 Å². The van der Waals surface area contributed by atoms with Crippen LogP contribution in [0.15, 0.2) is 29.0 Å². The van der Waals surface area contributed by atoms with Gasteiger partial charge in [0.25, 0.3) is 0 Å². The maximum atomic E-state index is 4.61. The molecule has 5 heteroatoms. The predicted molar refractivity (Wildman–Crippen MR) is 90.8 cm³/mol. The van der Waals surface area contributed by atoms with Crippen LogP contribution in [0.25, 0.3) is 11.0 Å². The molecule has 112 valence electrons. The number of nitrogens with one attached hydrogen (secondary N) is 1. The quantitative estimate of drug-likeness (QED) is 0.919. The average molecular weight is 349 g/mol. The van der Waals surface area contributed by atoms with Gasteiger partial charge in [-0.1, -0.05) is 6.92 Å². The molecule has 1 unspecified atom stereocenters. The Labute approximate surface area is 134 Å². The largest absolute Gasteiger partial charge is 0.365 e. The van der Waals surface area contributed by atoms with Crippen molar-refractivity contribution in [1.82, 2.24) is 15.3 Å². The van der Waals surface area contributed by atoms with Crippen molar-refractivity contribution in [2.24, 2.45) is 0 Å². The van der Waals surface area contributed by atoms with Crippen LogP contribution in [0.4, 0.5) is 5.69 Å². The first kappa shape index (κ1) is 14.7. The van der Waals surface area contributed by atoms with E-state index in [-0.39, 0.29) is 0 Å². The number of pyridine rings is 2. The molecule has 1 fully saturated rings. The highest BCUT2D eigenvalue weighted by Crippen LogP contribution is 2.28. The maximum Gasteiger partial charge on any atom is 0.112 e. The molecule has 0 radical (unpaired) electrons. The molecule has 2 aromatic heterocycles. The van der Waals surface area contributed by atoms with E-state index in [1.807, 2.05) is 18.5 Å². The molecule has 1 aliphatic rings. The van der Waals surface area contributed by atoms with Crippen molar-refractivity contribution in [3.8, 4) is 0 Å². The van der Waals surface area contributed by atoms with Crippen LogP contribution in [0.5, 0.6) is 0 Å². The second-order valence-electron chi connectivity index (χ2n) is 5.54. The molecular weight excluding hydrogens is 328 g/mol. The van der Waals surface area contributed by atoms with Crippen LogP contribution in [0.1, 0.15) is 26.2 Å². The number of nitrogens with zero attached hydrogens (tertiary/aromatic N) is 3. The average Bonchev–Trinajstić information content (AvgIpc) is 2.53. The second kappa shape index (κ2) is 6.71. The Bertz CT molecular complexity index is 610. The minimum Gasteiger partial charge on any atom is -0.365 e. The molecule has 1 aliphatic heterocycles. The lowest BCUT2D eigenvalue weighted by molar-refractivity contribution is 0.431. The lowest BCUT2D eigenvalue weighted by Gasteiger charge is -2.36. The highest BCUT2D eigenvalue weighted by atomic mass is 79.9. The Morgan fingerprint density at radius 1 is 1.43 bits per heavy atom. The van der Waals surface area contributed by atoms with Crippen molar-refractivity contribution in [3.63, 3.8) is 0 Å². The minimum atomic E-state index is 0.551. The minimum absolute atomic E-state index is 0.551. The van der Waals surface area contributed by atoms with E-state index in [0.717, 1.165) is 41.6 Å². The Morgan fingerprint density at radius 2 is 2.33 bits per heavy atom. The molecule has 3 rings (SSSR count). The zero-order valence-electron chi connectivity index (χ0n) is 12.3. The van der Waals surface area contributed by atoms with Crippen molar-refractivity contribution in [2.75, 3.05) is 24.5 Å². The van der Waals surface area contributed by atoms with Crippen LogP contribution in [-0.2, 0) is 0 Å². The fraction of sp³-hybridized carbons (Fsp3) is 0.500. The summed E-state index contributed by atoms with van der Waals surface area (Å²) in [6.45, 7) is 5.49. The SMILES string of the molecule is CCCN(c1ccnc2cc(Br)cnc12)C1CCCNC1. The van der Waals surface area contributed by atoms with E-state index in [9.17, 15) is 0 Å². The van der Waals surface area contributed by atoms with E-state index >= 15 is 0 Å². The summed E-state index contributed by atoms with van der Waals surface area (Å²) in [5, 5.41) is 3.52. The number of anilines is 1. The standard InChI is InChI=1S/C16H21BrN4/c1-2-8-21(13-4-3-6-18-11-13)15-5-7-19-14-9-12(17)10-20-16(14)15/h5,7,9-10,13,18H,2-4,6,8,11H2,1H3. The van der Waals surface area contributed by atoms with Gasteiger partial charge in [0.15, 0.2) is 0 Å². The number of hydrogen-bond donors (Lipinski definition) is 1. The highest BCUT2D eigenvalue weighted by Gasteiger charge is 2.22. The molecule has 1 N–H and O–H groups in total. The van der Waals surface area contributed by atoms with Gasteiger partial charge in [0.1, 0.15) is 5.52 Å². The highest BCUT2D eigenvalue weighted by molar-refractivity contribution is 9.10.